The smallest absolute Gasteiger partial charge is 0.306 e. The van der Waals surface area contributed by atoms with Gasteiger partial charge in [0.25, 0.3) is 5.91 Å². The molecule has 7 nitrogen and oxygen atoms in total. The van der Waals surface area contributed by atoms with Crippen molar-refractivity contribution in [2.24, 2.45) is 0 Å². The quantitative estimate of drug-likeness (QED) is 0.371. The van der Waals surface area contributed by atoms with E-state index in [0.717, 1.165) is 28.4 Å². The number of para-hydroxylation sites is 1. The Morgan fingerprint density at radius 2 is 1.66 bits per heavy atom. The summed E-state index contributed by atoms with van der Waals surface area (Å²) in [5.74, 6) is -0.237. The minimum Gasteiger partial charge on any atom is -0.306 e. The van der Waals surface area contributed by atoms with E-state index in [0.29, 0.717) is 17.2 Å². The fourth-order valence-electron chi connectivity index (χ4n) is 3.60. The summed E-state index contributed by atoms with van der Waals surface area (Å²) in [5, 5.41) is 11.3. The molecule has 0 unspecified atom stereocenters. The van der Waals surface area contributed by atoms with Crippen LogP contribution >= 0.6 is 0 Å². The van der Waals surface area contributed by atoms with Crippen molar-refractivity contribution in [2.45, 2.75) is 6.18 Å². The van der Waals surface area contributed by atoms with Crippen molar-refractivity contribution in [1.29, 1.82) is 0 Å². The third kappa shape index (κ3) is 4.54. The second-order valence-corrected chi connectivity index (χ2v) is 7.53. The third-order valence-electron chi connectivity index (χ3n) is 5.24. The molecular formula is C25H17F3N6O. The molecule has 0 aliphatic carbocycles. The Balaban J connectivity index is 1.54. The molecule has 0 fully saturated rings. The monoisotopic (exact) mass is 474 g/mol. The number of nitrogens with zero attached hydrogens (tertiary/aromatic N) is 5. The Kier molecular flexibility index (Phi) is 5.61. The molecule has 1 amide bonds. The molecule has 35 heavy (non-hydrogen) atoms. The first-order valence-electron chi connectivity index (χ1n) is 10.5. The first-order chi connectivity index (χ1) is 16.9. The van der Waals surface area contributed by atoms with E-state index in [1.54, 1.807) is 35.3 Å². The lowest BCUT2D eigenvalue weighted by Gasteiger charge is -2.15. The van der Waals surface area contributed by atoms with Crippen molar-refractivity contribution in [3.05, 3.63) is 109 Å². The van der Waals surface area contributed by atoms with Crippen molar-refractivity contribution >= 4 is 11.7 Å². The van der Waals surface area contributed by atoms with Crippen LogP contribution in [-0.4, -0.2) is 30.5 Å². The number of nitrogens with one attached hydrogen (secondary N) is 1. The molecule has 3 aromatic heterocycles. The van der Waals surface area contributed by atoms with Gasteiger partial charge in [0, 0.05) is 42.0 Å². The predicted octanol–water partition coefficient (Wildman–Crippen LogP) is 5.39. The fraction of sp³-hybridized carbons (Fsp3) is 0.0400. The van der Waals surface area contributed by atoms with Crippen molar-refractivity contribution < 1.29 is 18.0 Å². The van der Waals surface area contributed by atoms with Gasteiger partial charge in [0.05, 0.1) is 22.6 Å². The van der Waals surface area contributed by atoms with E-state index in [2.05, 4.69) is 20.5 Å². The number of alkyl halides is 3. The predicted molar refractivity (Wildman–Crippen MR) is 123 cm³/mol. The Bertz CT molecular complexity index is 1460. The van der Waals surface area contributed by atoms with Gasteiger partial charge >= 0.3 is 6.18 Å². The van der Waals surface area contributed by atoms with E-state index in [1.807, 2.05) is 30.3 Å². The second kappa shape index (κ2) is 8.90. The Labute approximate surface area is 197 Å². The third-order valence-corrected chi connectivity index (χ3v) is 5.24. The number of aromatic nitrogens is 5. The van der Waals surface area contributed by atoms with Crippen LogP contribution in [0, 0.1) is 0 Å². The van der Waals surface area contributed by atoms with Crippen molar-refractivity contribution in [1.82, 2.24) is 24.5 Å². The van der Waals surface area contributed by atoms with Crippen LogP contribution in [0.5, 0.6) is 0 Å². The number of carbonyl (C=O) groups excluding carboxylic acids is 1. The number of pyridine rings is 1. The van der Waals surface area contributed by atoms with Crippen molar-refractivity contribution in [2.75, 3.05) is 5.32 Å². The maximum absolute atomic E-state index is 13.6. The molecule has 0 aliphatic heterocycles. The SMILES string of the molecule is O=C(Nc1cc(-c2ccncc2)nn1-c1ccccc1)c1ccc(C(F)(F)F)c(-n2cccn2)c1. The fourth-order valence-corrected chi connectivity index (χ4v) is 3.60. The summed E-state index contributed by atoms with van der Waals surface area (Å²) in [6.45, 7) is 0. The zero-order chi connectivity index (χ0) is 24.4. The molecule has 0 bridgehead atoms. The lowest BCUT2D eigenvalue weighted by Crippen LogP contribution is -2.17. The number of benzene rings is 2. The van der Waals surface area contributed by atoms with Gasteiger partial charge in [0.1, 0.15) is 5.82 Å². The molecule has 0 saturated carbocycles. The van der Waals surface area contributed by atoms with Gasteiger partial charge in [-0.25, -0.2) is 9.36 Å². The molecule has 3 heterocycles. The van der Waals surface area contributed by atoms with E-state index in [4.69, 9.17) is 0 Å². The molecular weight excluding hydrogens is 457 g/mol. The maximum atomic E-state index is 13.6. The average molecular weight is 474 g/mol. The number of amides is 1. The molecule has 0 saturated heterocycles. The minimum absolute atomic E-state index is 0.0368. The standard InChI is InChI=1S/C25H17F3N6O/c26-25(27,28)20-8-7-18(15-22(20)33-14-4-11-30-33)24(35)31-23-16-21(17-9-12-29-13-10-17)32-34(23)19-5-2-1-3-6-19/h1-16H,(H,31,35). The maximum Gasteiger partial charge on any atom is 0.418 e. The van der Waals surface area contributed by atoms with E-state index < -0.39 is 17.6 Å². The van der Waals surface area contributed by atoms with E-state index in [9.17, 15) is 18.0 Å². The highest BCUT2D eigenvalue weighted by Gasteiger charge is 2.34. The Hall–Kier alpha value is -4.73. The molecule has 1 N–H and O–H groups in total. The molecule has 0 aliphatic rings. The van der Waals surface area contributed by atoms with Gasteiger partial charge < -0.3 is 5.32 Å². The summed E-state index contributed by atoms with van der Waals surface area (Å²) in [7, 11) is 0. The van der Waals surface area contributed by atoms with Crippen LogP contribution in [0.4, 0.5) is 19.0 Å². The lowest BCUT2D eigenvalue weighted by molar-refractivity contribution is -0.137. The normalized spacial score (nSPS) is 11.4. The highest BCUT2D eigenvalue weighted by Crippen LogP contribution is 2.34. The van der Waals surface area contributed by atoms with E-state index in [-0.39, 0.29) is 11.3 Å². The Morgan fingerprint density at radius 1 is 0.886 bits per heavy atom. The molecule has 10 heteroatoms. The number of halogens is 3. The molecule has 0 spiro atoms. The van der Waals surface area contributed by atoms with Crippen molar-refractivity contribution in [3.8, 4) is 22.6 Å². The number of hydrogen-bond donors (Lipinski definition) is 1. The summed E-state index contributed by atoms with van der Waals surface area (Å²) in [5.41, 5.74) is 0.982. The van der Waals surface area contributed by atoms with Crippen LogP contribution in [-0.2, 0) is 6.18 Å². The average Bonchev–Trinajstić information content (AvgIpc) is 3.55. The van der Waals surface area contributed by atoms with Crippen LogP contribution in [0.15, 0.2) is 97.6 Å². The number of anilines is 1. The molecule has 2 aromatic carbocycles. The number of rotatable bonds is 5. The molecule has 5 rings (SSSR count). The molecule has 0 radical (unpaired) electrons. The number of carbonyl (C=O) groups is 1. The van der Waals surface area contributed by atoms with Crippen LogP contribution in [0.2, 0.25) is 0 Å². The first-order valence-corrected chi connectivity index (χ1v) is 10.5. The zero-order valence-electron chi connectivity index (χ0n) is 18.0. The van der Waals surface area contributed by atoms with Crippen LogP contribution < -0.4 is 5.32 Å². The largest absolute Gasteiger partial charge is 0.418 e. The Morgan fingerprint density at radius 3 is 2.34 bits per heavy atom. The topological polar surface area (TPSA) is 77.6 Å². The van der Waals surface area contributed by atoms with E-state index in [1.165, 1.54) is 18.5 Å². The van der Waals surface area contributed by atoms with Gasteiger partial charge in [-0.05, 0) is 48.5 Å². The minimum atomic E-state index is -4.61. The highest BCUT2D eigenvalue weighted by molar-refractivity contribution is 6.04. The van der Waals surface area contributed by atoms with Crippen LogP contribution in [0.3, 0.4) is 0 Å². The zero-order valence-corrected chi connectivity index (χ0v) is 18.0. The van der Waals surface area contributed by atoms with Gasteiger partial charge in [0.2, 0.25) is 0 Å². The molecule has 0 atom stereocenters. The summed E-state index contributed by atoms with van der Waals surface area (Å²) in [6.07, 6.45) is 1.41. The summed E-state index contributed by atoms with van der Waals surface area (Å²) in [4.78, 5) is 17.2. The highest BCUT2D eigenvalue weighted by atomic mass is 19.4. The van der Waals surface area contributed by atoms with Crippen molar-refractivity contribution in [3.63, 3.8) is 0 Å². The summed E-state index contributed by atoms with van der Waals surface area (Å²) < 4.78 is 43.3. The van der Waals surface area contributed by atoms with Gasteiger partial charge in [-0.1, -0.05) is 18.2 Å². The summed E-state index contributed by atoms with van der Waals surface area (Å²) in [6, 6.07) is 19.1. The van der Waals surface area contributed by atoms with Crippen LogP contribution in [0.1, 0.15) is 15.9 Å². The summed E-state index contributed by atoms with van der Waals surface area (Å²) >= 11 is 0. The van der Waals surface area contributed by atoms with Gasteiger partial charge in [-0.15, -0.1) is 0 Å². The lowest BCUT2D eigenvalue weighted by atomic mass is 10.1. The molecule has 174 valence electrons. The first kappa shape index (κ1) is 22.1. The second-order valence-electron chi connectivity index (χ2n) is 7.53. The van der Waals surface area contributed by atoms with Gasteiger partial charge in [-0.3, -0.25) is 9.78 Å². The molecule has 5 aromatic rings. The van der Waals surface area contributed by atoms with Crippen LogP contribution in [0.25, 0.3) is 22.6 Å². The number of hydrogen-bond acceptors (Lipinski definition) is 4. The van der Waals surface area contributed by atoms with E-state index >= 15 is 0 Å². The van der Waals surface area contributed by atoms with Gasteiger partial charge in [-0.2, -0.15) is 23.4 Å². The van der Waals surface area contributed by atoms with Gasteiger partial charge in [0.15, 0.2) is 0 Å².